The summed E-state index contributed by atoms with van der Waals surface area (Å²) < 4.78 is 11.7. The van der Waals surface area contributed by atoms with Crippen LogP contribution in [0, 0.1) is 0 Å². The van der Waals surface area contributed by atoms with Crippen molar-refractivity contribution in [1.29, 1.82) is 0 Å². The van der Waals surface area contributed by atoms with Crippen molar-refractivity contribution in [3.05, 3.63) is 0 Å². The molecule has 1 aliphatic rings. The van der Waals surface area contributed by atoms with Gasteiger partial charge in [-0.2, -0.15) is 0 Å². The van der Waals surface area contributed by atoms with Crippen molar-refractivity contribution >= 4 is 0 Å². The molecule has 1 saturated heterocycles. The molecule has 0 bridgehead atoms. The van der Waals surface area contributed by atoms with Gasteiger partial charge < -0.3 is 27.0 Å². The fourth-order valence-electron chi connectivity index (χ4n) is 2.17. The van der Waals surface area contributed by atoms with Crippen LogP contribution >= 0.6 is 0 Å². The molecule has 0 saturated carbocycles. The van der Waals surface area contributed by atoms with Crippen molar-refractivity contribution in [3.63, 3.8) is 0 Å². The van der Waals surface area contributed by atoms with Crippen molar-refractivity contribution in [2.45, 2.75) is 33.1 Å². The van der Waals surface area contributed by atoms with E-state index >= 15 is 0 Å². The summed E-state index contributed by atoms with van der Waals surface area (Å²) in [5, 5.41) is 0. The van der Waals surface area contributed by atoms with Crippen LogP contribution < -0.4 is 17.2 Å². The number of alkyl halides is 1. The first-order valence-electron chi connectivity index (χ1n) is 8.39. The summed E-state index contributed by atoms with van der Waals surface area (Å²) in [5.74, 6) is 0. The molecule has 0 aromatic rings. The molecule has 0 aliphatic carbocycles. The lowest BCUT2D eigenvalue weighted by atomic mass is 10.4. The Balaban J connectivity index is 0. The first-order chi connectivity index (χ1) is 10.3. The van der Waals surface area contributed by atoms with E-state index in [9.17, 15) is 4.39 Å². The van der Waals surface area contributed by atoms with Gasteiger partial charge in [-0.3, -0.25) is 4.39 Å². The molecule has 130 valence electrons. The monoisotopic (exact) mass is 307 g/mol. The average Bonchev–Trinajstić information content (AvgIpc) is 3.02. The molecule has 1 fully saturated rings. The molecular weight excluding hydrogens is 269 g/mol. The maximum atomic E-state index is 11.7. The molecule has 1 heterocycles. The van der Waals surface area contributed by atoms with Gasteiger partial charge in [0.05, 0.1) is 6.67 Å². The number of nitrogens with zero attached hydrogens (tertiary/aromatic N) is 2. The van der Waals surface area contributed by atoms with Crippen LogP contribution in [0.15, 0.2) is 0 Å². The topological polar surface area (TPSA) is 84.5 Å². The lowest BCUT2D eigenvalue weighted by Gasteiger charge is -2.19. The van der Waals surface area contributed by atoms with Crippen LogP contribution in [0.2, 0.25) is 0 Å². The van der Waals surface area contributed by atoms with Crippen LogP contribution in [-0.4, -0.2) is 75.4 Å². The van der Waals surface area contributed by atoms with Crippen LogP contribution in [0.1, 0.15) is 33.1 Å². The summed E-state index contributed by atoms with van der Waals surface area (Å²) in [6.07, 6.45) is 3.33. The molecular formula is C15H38FN5. The molecule has 0 spiro atoms. The highest BCUT2D eigenvalue weighted by molar-refractivity contribution is 4.65. The van der Waals surface area contributed by atoms with Gasteiger partial charge in [0.2, 0.25) is 0 Å². The summed E-state index contributed by atoms with van der Waals surface area (Å²) >= 11 is 0. The van der Waals surface area contributed by atoms with E-state index in [4.69, 9.17) is 17.2 Å². The molecule has 1 rings (SSSR count). The zero-order valence-corrected chi connectivity index (χ0v) is 14.2. The first-order valence-corrected chi connectivity index (χ1v) is 8.39. The number of hydrogen-bond donors (Lipinski definition) is 3. The van der Waals surface area contributed by atoms with Gasteiger partial charge in [0.1, 0.15) is 0 Å². The summed E-state index contributed by atoms with van der Waals surface area (Å²) in [4.78, 5) is 4.50. The quantitative estimate of drug-likeness (QED) is 0.582. The Bertz CT molecular complexity index is 171. The Labute approximate surface area is 131 Å². The van der Waals surface area contributed by atoms with Crippen molar-refractivity contribution in [3.8, 4) is 0 Å². The average molecular weight is 308 g/mol. The number of hydrogen-bond acceptors (Lipinski definition) is 5. The lowest BCUT2D eigenvalue weighted by Crippen LogP contribution is -2.34. The fraction of sp³-hybridized carbons (Fsp3) is 1.00. The number of rotatable bonds is 9. The van der Waals surface area contributed by atoms with Crippen LogP contribution in [-0.2, 0) is 0 Å². The first kappa shape index (κ1) is 23.0. The number of halogens is 1. The summed E-state index contributed by atoms with van der Waals surface area (Å²) in [7, 11) is 0. The highest BCUT2D eigenvalue weighted by atomic mass is 19.1. The maximum Gasteiger partial charge on any atom is 0.0906 e. The minimum Gasteiger partial charge on any atom is -0.329 e. The second kappa shape index (κ2) is 19.7. The van der Waals surface area contributed by atoms with E-state index in [1.807, 2.05) is 13.8 Å². The third-order valence-electron chi connectivity index (χ3n) is 3.14. The molecule has 0 aromatic heterocycles. The molecule has 0 radical (unpaired) electrons. The van der Waals surface area contributed by atoms with Gasteiger partial charge in [-0.15, -0.1) is 0 Å². The predicted molar refractivity (Wildman–Crippen MR) is 91.2 cm³/mol. The van der Waals surface area contributed by atoms with E-state index in [-0.39, 0.29) is 6.67 Å². The van der Waals surface area contributed by atoms with Gasteiger partial charge in [0.15, 0.2) is 0 Å². The Hall–Kier alpha value is -0.270. The minimum absolute atomic E-state index is 0.258. The fourth-order valence-corrected chi connectivity index (χ4v) is 2.17. The number of nitrogens with two attached hydrogens (primary N) is 3. The van der Waals surface area contributed by atoms with Crippen LogP contribution in [0.3, 0.4) is 0 Å². The highest BCUT2D eigenvalue weighted by Crippen LogP contribution is 2.04. The third kappa shape index (κ3) is 15.9. The third-order valence-corrected chi connectivity index (χ3v) is 3.14. The van der Waals surface area contributed by atoms with Crippen LogP contribution in [0.25, 0.3) is 0 Å². The Morgan fingerprint density at radius 2 is 1.43 bits per heavy atom. The normalized spacial score (nSPS) is 14.4. The molecule has 6 N–H and O–H groups in total. The van der Waals surface area contributed by atoms with Crippen molar-refractivity contribution in [1.82, 2.24) is 9.80 Å². The smallest absolute Gasteiger partial charge is 0.0906 e. The molecule has 0 amide bonds. The highest BCUT2D eigenvalue weighted by Gasteiger charge is 2.08. The van der Waals surface area contributed by atoms with Crippen LogP contribution in [0.4, 0.5) is 4.39 Å². The van der Waals surface area contributed by atoms with E-state index in [1.165, 1.54) is 25.9 Å². The second-order valence-corrected chi connectivity index (χ2v) is 4.80. The lowest BCUT2D eigenvalue weighted by molar-refractivity contribution is 0.272. The molecule has 5 nitrogen and oxygen atoms in total. The number of likely N-dealkylation sites (tertiary alicyclic amines) is 1. The largest absolute Gasteiger partial charge is 0.329 e. The van der Waals surface area contributed by atoms with Crippen molar-refractivity contribution < 1.29 is 4.39 Å². The second-order valence-electron chi connectivity index (χ2n) is 4.80. The van der Waals surface area contributed by atoms with E-state index in [1.54, 1.807) is 0 Å². The van der Waals surface area contributed by atoms with Crippen LogP contribution in [0.5, 0.6) is 0 Å². The zero-order valence-electron chi connectivity index (χ0n) is 14.2. The zero-order chi connectivity index (χ0) is 16.3. The Morgan fingerprint density at radius 1 is 0.905 bits per heavy atom. The predicted octanol–water partition coefficient (Wildman–Crippen LogP) is 0.633. The van der Waals surface area contributed by atoms with E-state index < -0.39 is 0 Å². The van der Waals surface area contributed by atoms with E-state index in [0.717, 1.165) is 32.7 Å². The van der Waals surface area contributed by atoms with Crippen molar-refractivity contribution in [2.75, 3.05) is 65.6 Å². The van der Waals surface area contributed by atoms with Gasteiger partial charge in [0.25, 0.3) is 0 Å². The molecule has 0 unspecified atom stereocenters. The molecule has 1 aliphatic heterocycles. The Morgan fingerprint density at radius 3 is 1.81 bits per heavy atom. The maximum absolute atomic E-state index is 11.7. The van der Waals surface area contributed by atoms with Gasteiger partial charge in [0, 0.05) is 45.8 Å². The minimum atomic E-state index is -0.258. The summed E-state index contributed by atoms with van der Waals surface area (Å²) in [6, 6.07) is 0. The molecule has 0 aromatic carbocycles. The van der Waals surface area contributed by atoms with Gasteiger partial charge in [-0.25, -0.2) is 0 Å². The van der Waals surface area contributed by atoms with Gasteiger partial charge in [-0.1, -0.05) is 13.8 Å². The van der Waals surface area contributed by atoms with Gasteiger partial charge >= 0.3 is 0 Å². The van der Waals surface area contributed by atoms with Crippen molar-refractivity contribution in [2.24, 2.45) is 17.2 Å². The molecule has 21 heavy (non-hydrogen) atoms. The Kier molecular flexibility index (Phi) is 21.6. The summed E-state index contributed by atoms with van der Waals surface area (Å²) in [6.45, 7) is 11.8. The van der Waals surface area contributed by atoms with E-state index in [0.29, 0.717) is 19.5 Å². The SMILES string of the molecule is CC.NCCN(CCN)CCCF.NCCN1CCCC1. The van der Waals surface area contributed by atoms with E-state index in [2.05, 4.69) is 9.80 Å². The van der Waals surface area contributed by atoms with Gasteiger partial charge in [-0.05, 0) is 32.4 Å². The standard InChI is InChI=1S/C7H18FN3.C6H14N2.C2H6/c8-2-1-5-11(6-3-9)7-4-10;7-3-6-8-4-1-2-5-8;1-2/h1-7,9-10H2;1-7H2;1-2H3. The summed E-state index contributed by atoms with van der Waals surface area (Å²) in [5.41, 5.74) is 16.1. The molecule has 0 atom stereocenters. The molecule has 6 heteroatoms.